The standard InChI is InChI=1S/C17H13F3N2O2/c1-23-15-6-3-11(8-16(15)24-2)7-12(9-21)14-5-4-13(10-22-14)17(18,19)20/h3-8,10H,1-2H3/b12-7+. The van der Waals surface area contributed by atoms with Crippen LogP contribution in [0.3, 0.4) is 0 Å². The molecule has 0 N–H and O–H groups in total. The molecule has 0 saturated heterocycles. The molecule has 4 nitrogen and oxygen atoms in total. The first-order valence-electron chi connectivity index (χ1n) is 6.76. The van der Waals surface area contributed by atoms with Crippen LogP contribution in [0, 0.1) is 11.3 Å². The monoisotopic (exact) mass is 334 g/mol. The Morgan fingerprint density at radius 2 is 1.83 bits per heavy atom. The molecular formula is C17H13F3N2O2. The Morgan fingerprint density at radius 1 is 1.12 bits per heavy atom. The van der Waals surface area contributed by atoms with Crippen molar-refractivity contribution in [2.45, 2.75) is 6.18 Å². The van der Waals surface area contributed by atoms with E-state index in [2.05, 4.69) is 4.98 Å². The summed E-state index contributed by atoms with van der Waals surface area (Å²) in [6.45, 7) is 0. The number of benzene rings is 1. The van der Waals surface area contributed by atoms with E-state index in [4.69, 9.17) is 9.47 Å². The predicted molar refractivity (Wildman–Crippen MR) is 82.3 cm³/mol. The van der Waals surface area contributed by atoms with Gasteiger partial charge in [0.25, 0.3) is 0 Å². The summed E-state index contributed by atoms with van der Waals surface area (Å²) in [5.41, 5.74) is 0.0526. The average molecular weight is 334 g/mol. The molecule has 0 unspecified atom stereocenters. The van der Waals surface area contributed by atoms with E-state index in [0.717, 1.165) is 6.07 Å². The van der Waals surface area contributed by atoms with Crippen molar-refractivity contribution in [2.24, 2.45) is 0 Å². The number of hydrogen-bond donors (Lipinski definition) is 0. The molecule has 24 heavy (non-hydrogen) atoms. The predicted octanol–water partition coefficient (Wildman–Crippen LogP) is 4.18. The molecule has 7 heteroatoms. The van der Waals surface area contributed by atoms with Gasteiger partial charge in [-0.1, -0.05) is 6.07 Å². The van der Waals surface area contributed by atoms with Gasteiger partial charge in [-0.2, -0.15) is 18.4 Å². The van der Waals surface area contributed by atoms with Crippen LogP contribution in [0.4, 0.5) is 13.2 Å². The first kappa shape index (κ1) is 17.3. The maximum absolute atomic E-state index is 12.6. The summed E-state index contributed by atoms with van der Waals surface area (Å²) in [6.07, 6.45) is -2.25. The van der Waals surface area contributed by atoms with Gasteiger partial charge in [-0.05, 0) is 35.9 Å². The third-order valence-electron chi connectivity index (χ3n) is 3.21. The molecule has 1 heterocycles. The van der Waals surface area contributed by atoms with Crippen molar-refractivity contribution in [3.8, 4) is 17.6 Å². The van der Waals surface area contributed by atoms with Crippen molar-refractivity contribution in [3.63, 3.8) is 0 Å². The Kier molecular flexibility index (Phi) is 5.09. The van der Waals surface area contributed by atoms with Crippen LogP contribution < -0.4 is 9.47 Å². The number of nitrogens with zero attached hydrogens (tertiary/aromatic N) is 2. The number of hydrogen-bond acceptors (Lipinski definition) is 4. The number of aromatic nitrogens is 1. The van der Waals surface area contributed by atoms with Gasteiger partial charge in [-0.25, -0.2) is 0 Å². The number of halogens is 3. The molecule has 0 saturated carbocycles. The van der Waals surface area contributed by atoms with Crippen LogP contribution in [0.25, 0.3) is 11.6 Å². The molecule has 0 radical (unpaired) electrons. The number of alkyl halides is 3. The van der Waals surface area contributed by atoms with E-state index in [0.29, 0.717) is 23.3 Å². The summed E-state index contributed by atoms with van der Waals surface area (Å²) in [6, 6.07) is 9.01. The number of nitriles is 1. The Balaban J connectivity index is 2.38. The first-order chi connectivity index (χ1) is 11.4. The van der Waals surface area contributed by atoms with Crippen LogP contribution in [0.2, 0.25) is 0 Å². The second-order valence-corrected chi connectivity index (χ2v) is 4.71. The van der Waals surface area contributed by atoms with Crippen LogP contribution in [-0.2, 0) is 6.18 Å². The minimum Gasteiger partial charge on any atom is -0.493 e. The largest absolute Gasteiger partial charge is 0.493 e. The molecule has 2 aromatic rings. The molecule has 1 aromatic carbocycles. The van der Waals surface area contributed by atoms with Gasteiger partial charge in [0.15, 0.2) is 11.5 Å². The van der Waals surface area contributed by atoms with Crippen molar-refractivity contribution in [1.29, 1.82) is 5.26 Å². The van der Waals surface area contributed by atoms with E-state index in [-0.39, 0.29) is 11.3 Å². The molecule has 0 aliphatic carbocycles. The van der Waals surface area contributed by atoms with Gasteiger partial charge in [0.05, 0.1) is 31.1 Å². The fourth-order valence-corrected chi connectivity index (χ4v) is 1.99. The highest BCUT2D eigenvalue weighted by atomic mass is 19.4. The molecule has 2 rings (SSSR count). The highest BCUT2D eigenvalue weighted by molar-refractivity contribution is 5.88. The van der Waals surface area contributed by atoms with E-state index in [1.165, 1.54) is 26.4 Å². The Morgan fingerprint density at radius 3 is 2.33 bits per heavy atom. The van der Waals surface area contributed by atoms with Crippen LogP contribution in [0.15, 0.2) is 36.5 Å². The molecule has 0 bridgehead atoms. The summed E-state index contributed by atoms with van der Waals surface area (Å²) in [5.74, 6) is 1.00. The molecule has 1 aromatic heterocycles. The van der Waals surface area contributed by atoms with E-state index < -0.39 is 11.7 Å². The lowest BCUT2D eigenvalue weighted by atomic mass is 10.1. The minimum absolute atomic E-state index is 0.135. The van der Waals surface area contributed by atoms with Crippen LogP contribution >= 0.6 is 0 Å². The first-order valence-corrected chi connectivity index (χ1v) is 6.76. The van der Waals surface area contributed by atoms with E-state index in [1.807, 2.05) is 6.07 Å². The highest BCUT2D eigenvalue weighted by Gasteiger charge is 2.30. The number of allylic oxidation sites excluding steroid dienone is 1. The van der Waals surface area contributed by atoms with Crippen molar-refractivity contribution in [1.82, 2.24) is 4.98 Å². The SMILES string of the molecule is COc1ccc(/C=C(\C#N)c2ccc(C(F)(F)F)cn2)cc1OC. The number of ether oxygens (including phenoxy) is 2. The topological polar surface area (TPSA) is 55.1 Å². The van der Waals surface area contributed by atoms with Crippen molar-refractivity contribution >= 4 is 11.6 Å². The zero-order valence-corrected chi connectivity index (χ0v) is 12.9. The molecule has 0 aliphatic rings. The van der Waals surface area contributed by atoms with Crippen molar-refractivity contribution in [2.75, 3.05) is 14.2 Å². The molecule has 0 fully saturated rings. The van der Waals surface area contributed by atoms with Gasteiger partial charge >= 0.3 is 6.18 Å². The maximum atomic E-state index is 12.6. The van der Waals surface area contributed by atoms with Gasteiger partial charge in [-0.3, -0.25) is 4.98 Å². The normalized spacial score (nSPS) is 11.8. The summed E-state index contributed by atoms with van der Waals surface area (Å²) < 4.78 is 48.0. The van der Waals surface area contributed by atoms with Gasteiger partial charge in [0.2, 0.25) is 0 Å². The number of rotatable bonds is 4. The molecule has 0 aliphatic heterocycles. The van der Waals surface area contributed by atoms with Crippen molar-refractivity contribution < 1.29 is 22.6 Å². The quantitative estimate of drug-likeness (QED) is 0.787. The summed E-state index contributed by atoms with van der Waals surface area (Å²) in [4.78, 5) is 3.72. The Hall–Kier alpha value is -3.01. The molecule has 0 spiro atoms. The van der Waals surface area contributed by atoms with Crippen LogP contribution in [0.5, 0.6) is 11.5 Å². The van der Waals surface area contributed by atoms with E-state index >= 15 is 0 Å². The third kappa shape index (κ3) is 3.84. The summed E-state index contributed by atoms with van der Waals surface area (Å²) in [7, 11) is 2.98. The van der Waals surface area contributed by atoms with Crippen LogP contribution in [0.1, 0.15) is 16.8 Å². The fourth-order valence-electron chi connectivity index (χ4n) is 1.99. The van der Waals surface area contributed by atoms with Gasteiger partial charge in [-0.15, -0.1) is 0 Å². The zero-order chi connectivity index (χ0) is 17.7. The van der Waals surface area contributed by atoms with Gasteiger partial charge in [0, 0.05) is 6.20 Å². The van der Waals surface area contributed by atoms with Crippen LogP contribution in [-0.4, -0.2) is 19.2 Å². The van der Waals surface area contributed by atoms with Crippen molar-refractivity contribution in [3.05, 3.63) is 53.3 Å². The summed E-state index contributed by atoms with van der Waals surface area (Å²) in [5, 5.41) is 9.26. The molecule has 0 amide bonds. The van der Waals surface area contributed by atoms with E-state index in [9.17, 15) is 18.4 Å². The average Bonchev–Trinajstić information content (AvgIpc) is 2.58. The summed E-state index contributed by atoms with van der Waals surface area (Å²) >= 11 is 0. The molecular weight excluding hydrogens is 321 g/mol. The lowest BCUT2D eigenvalue weighted by Crippen LogP contribution is -2.05. The van der Waals surface area contributed by atoms with E-state index in [1.54, 1.807) is 18.2 Å². The number of methoxy groups -OCH3 is 2. The zero-order valence-electron chi connectivity index (χ0n) is 12.9. The highest BCUT2D eigenvalue weighted by Crippen LogP contribution is 2.31. The third-order valence-corrected chi connectivity index (χ3v) is 3.21. The molecule has 124 valence electrons. The second-order valence-electron chi connectivity index (χ2n) is 4.71. The fraction of sp³-hybridized carbons (Fsp3) is 0.176. The van der Waals surface area contributed by atoms with Gasteiger partial charge in [0.1, 0.15) is 6.07 Å². The molecule has 0 atom stereocenters. The number of pyridine rings is 1. The minimum atomic E-state index is -4.47. The Labute approximate surface area is 136 Å². The maximum Gasteiger partial charge on any atom is 0.417 e. The lowest BCUT2D eigenvalue weighted by molar-refractivity contribution is -0.137. The lowest BCUT2D eigenvalue weighted by Gasteiger charge is -2.08. The smallest absolute Gasteiger partial charge is 0.417 e. The Bertz CT molecular complexity index is 791. The van der Waals surface area contributed by atoms with Gasteiger partial charge < -0.3 is 9.47 Å². The second kappa shape index (κ2) is 7.04.